The highest BCUT2D eigenvalue weighted by molar-refractivity contribution is 8.57. The minimum Gasteiger partial charge on any atom is -0.320 e. The summed E-state index contributed by atoms with van der Waals surface area (Å²) >= 11 is 1.31. The molecule has 0 aromatic carbocycles. The molecular weight excluding hydrogens is 193 g/mol. The molecule has 5 heteroatoms. The summed E-state index contributed by atoms with van der Waals surface area (Å²) in [6.07, 6.45) is 0.672. The second-order valence-electron chi connectivity index (χ2n) is 2.88. The SMILES string of the molecule is CCO[P@]1(=O)SCC[C@@]1(C)C#N. The van der Waals surface area contributed by atoms with E-state index in [4.69, 9.17) is 9.79 Å². The number of nitriles is 1. The van der Waals surface area contributed by atoms with Crippen molar-refractivity contribution < 1.29 is 9.09 Å². The number of hydrogen-bond acceptors (Lipinski definition) is 4. The van der Waals surface area contributed by atoms with Gasteiger partial charge in [-0.25, -0.2) is 0 Å². The van der Waals surface area contributed by atoms with Crippen molar-refractivity contribution >= 4 is 18.0 Å². The number of hydrogen-bond donors (Lipinski definition) is 0. The van der Waals surface area contributed by atoms with Crippen molar-refractivity contribution in [1.82, 2.24) is 0 Å². The lowest BCUT2D eigenvalue weighted by atomic mass is 10.1. The molecule has 0 aromatic heterocycles. The molecule has 1 saturated heterocycles. The molecule has 0 amide bonds. The van der Waals surface area contributed by atoms with E-state index in [1.54, 1.807) is 13.8 Å². The smallest absolute Gasteiger partial charge is 0.277 e. The van der Waals surface area contributed by atoms with E-state index >= 15 is 0 Å². The largest absolute Gasteiger partial charge is 0.320 e. The molecule has 1 rings (SSSR count). The summed E-state index contributed by atoms with van der Waals surface area (Å²) in [6, 6.07) is 2.11. The fourth-order valence-electron chi connectivity index (χ4n) is 1.11. The molecule has 0 radical (unpaired) electrons. The fourth-order valence-corrected chi connectivity index (χ4v) is 6.28. The zero-order valence-electron chi connectivity index (χ0n) is 7.24. The van der Waals surface area contributed by atoms with Crippen LogP contribution in [0.15, 0.2) is 0 Å². The van der Waals surface area contributed by atoms with Crippen LogP contribution in [-0.4, -0.2) is 17.5 Å². The van der Waals surface area contributed by atoms with Gasteiger partial charge in [-0.1, -0.05) is 11.4 Å². The van der Waals surface area contributed by atoms with E-state index in [9.17, 15) is 4.57 Å². The molecule has 1 aliphatic rings. The third kappa shape index (κ3) is 1.42. The first-order chi connectivity index (χ1) is 5.58. The Morgan fingerprint density at radius 1 is 1.83 bits per heavy atom. The van der Waals surface area contributed by atoms with Crippen LogP contribution in [0.5, 0.6) is 0 Å². The summed E-state index contributed by atoms with van der Waals surface area (Å²) < 4.78 is 17.2. The zero-order chi connectivity index (χ0) is 9.24. The van der Waals surface area contributed by atoms with Crippen molar-refractivity contribution in [2.45, 2.75) is 25.4 Å². The van der Waals surface area contributed by atoms with Crippen LogP contribution in [0, 0.1) is 11.3 Å². The molecule has 0 aromatic rings. The van der Waals surface area contributed by atoms with Gasteiger partial charge in [-0.3, -0.25) is 4.57 Å². The molecule has 0 spiro atoms. The van der Waals surface area contributed by atoms with Gasteiger partial charge < -0.3 is 4.52 Å². The highest BCUT2D eigenvalue weighted by Crippen LogP contribution is 2.74. The van der Waals surface area contributed by atoms with Crippen molar-refractivity contribution in [2.75, 3.05) is 12.4 Å². The van der Waals surface area contributed by atoms with Crippen molar-refractivity contribution in [3.8, 4) is 6.07 Å². The quantitative estimate of drug-likeness (QED) is 0.650. The Bertz CT molecular complexity index is 263. The first-order valence-corrected chi connectivity index (χ1v) is 7.10. The molecule has 0 aliphatic carbocycles. The Morgan fingerprint density at radius 2 is 2.50 bits per heavy atom. The van der Waals surface area contributed by atoms with Gasteiger partial charge in [-0.2, -0.15) is 5.26 Å². The van der Waals surface area contributed by atoms with E-state index in [1.807, 2.05) is 0 Å². The second-order valence-corrected chi connectivity index (χ2v) is 8.01. The Morgan fingerprint density at radius 3 is 3.00 bits per heavy atom. The second kappa shape index (κ2) is 3.41. The van der Waals surface area contributed by atoms with Crippen molar-refractivity contribution in [3.63, 3.8) is 0 Å². The summed E-state index contributed by atoms with van der Waals surface area (Å²) in [5.41, 5.74) is 0. The van der Waals surface area contributed by atoms with Crippen LogP contribution in [0.25, 0.3) is 0 Å². The fraction of sp³-hybridized carbons (Fsp3) is 0.857. The van der Waals surface area contributed by atoms with Gasteiger partial charge in [0.25, 0.3) is 6.57 Å². The summed E-state index contributed by atoms with van der Waals surface area (Å²) in [5.74, 6) is 0.765. The zero-order valence-corrected chi connectivity index (χ0v) is 8.95. The first-order valence-electron chi connectivity index (χ1n) is 3.88. The average Bonchev–Trinajstić information content (AvgIpc) is 2.30. The Balaban J connectivity index is 2.91. The molecule has 1 fully saturated rings. The Kier molecular flexibility index (Phi) is 2.88. The van der Waals surface area contributed by atoms with Gasteiger partial charge >= 0.3 is 0 Å². The number of rotatable bonds is 2. The minimum absolute atomic E-state index is 0.418. The summed E-state index contributed by atoms with van der Waals surface area (Å²) in [7, 11) is 0. The summed E-state index contributed by atoms with van der Waals surface area (Å²) in [4.78, 5) is 0. The van der Waals surface area contributed by atoms with Crippen LogP contribution in [0.1, 0.15) is 20.3 Å². The first kappa shape index (κ1) is 10.1. The third-order valence-electron chi connectivity index (χ3n) is 1.99. The lowest BCUT2D eigenvalue weighted by molar-refractivity contribution is 0.334. The lowest BCUT2D eigenvalue weighted by Crippen LogP contribution is -2.18. The predicted octanol–water partition coefficient (Wildman–Crippen LogP) is 2.64. The number of nitrogens with zero attached hydrogens (tertiary/aromatic N) is 1. The van der Waals surface area contributed by atoms with E-state index in [0.29, 0.717) is 13.0 Å². The molecule has 0 unspecified atom stereocenters. The van der Waals surface area contributed by atoms with Crippen LogP contribution in [0.3, 0.4) is 0 Å². The average molecular weight is 205 g/mol. The molecule has 12 heavy (non-hydrogen) atoms. The van der Waals surface area contributed by atoms with Gasteiger partial charge in [-0.05, 0) is 20.3 Å². The van der Waals surface area contributed by atoms with Crippen molar-refractivity contribution in [1.29, 1.82) is 5.26 Å². The van der Waals surface area contributed by atoms with Gasteiger partial charge in [0.1, 0.15) is 5.16 Å². The minimum atomic E-state index is -2.74. The van der Waals surface area contributed by atoms with Crippen molar-refractivity contribution in [3.05, 3.63) is 0 Å². The van der Waals surface area contributed by atoms with Crippen LogP contribution in [0.2, 0.25) is 0 Å². The molecule has 0 bridgehead atoms. The van der Waals surface area contributed by atoms with Crippen LogP contribution in [0.4, 0.5) is 0 Å². The van der Waals surface area contributed by atoms with E-state index < -0.39 is 11.7 Å². The van der Waals surface area contributed by atoms with Gasteiger partial charge in [0, 0.05) is 5.75 Å². The molecule has 1 heterocycles. The van der Waals surface area contributed by atoms with Gasteiger partial charge in [0.15, 0.2) is 0 Å². The predicted molar refractivity (Wildman–Crippen MR) is 50.3 cm³/mol. The van der Waals surface area contributed by atoms with E-state index in [2.05, 4.69) is 6.07 Å². The van der Waals surface area contributed by atoms with E-state index in [-0.39, 0.29) is 0 Å². The monoisotopic (exact) mass is 205 g/mol. The van der Waals surface area contributed by atoms with Gasteiger partial charge in [-0.15, -0.1) is 0 Å². The topological polar surface area (TPSA) is 50.1 Å². The van der Waals surface area contributed by atoms with Crippen molar-refractivity contribution in [2.24, 2.45) is 0 Å². The standard InChI is InChI=1S/C7H12NO2PS/c1-3-10-11(9)7(2,6-8)4-5-12-11/h3-5H2,1-2H3/t7-,11-/m0/s1. The van der Waals surface area contributed by atoms with Gasteiger partial charge in [0.2, 0.25) is 0 Å². The van der Waals surface area contributed by atoms with E-state index in [0.717, 1.165) is 5.75 Å². The molecule has 0 saturated carbocycles. The summed E-state index contributed by atoms with van der Waals surface area (Å²) in [5, 5.41) is 8.12. The molecule has 2 atom stereocenters. The molecule has 68 valence electrons. The molecule has 1 aliphatic heterocycles. The molecule has 3 nitrogen and oxygen atoms in total. The molecule has 0 N–H and O–H groups in total. The van der Waals surface area contributed by atoms with E-state index in [1.165, 1.54) is 11.4 Å². The van der Waals surface area contributed by atoms with Crippen LogP contribution in [-0.2, 0) is 9.09 Å². The highest BCUT2D eigenvalue weighted by Gasteiger charge is 2.51. The van der Waals surface area contributed by atoms with Gasteiger partial charge in [0.05, 0.1) is 12.7 Å². The summed E-state index contributed by atoms with van der Waals surface area (Å²) in [6.45, 7) is 1.21. The Hall–Kier alpha value is 0.0300. The highest BCUT2D eigenvalue weighted by atomic mass is 32.7. The molecular formula is C7H12NO2PS. The normalized spacial score (nSPS) is 41.1. The maximum Gasteiger partial charge on any atom is 0.277 e. The van der Waals surface area contributed by atoms with Crippen LogP contribution < -0.4 is 0 Å². The lowest BCUT2D eigenvalue weighted by Gasteiger charge is -2.22. The maximum absolute atomic E-state index is 12.0. The van der Waals surface area contributed by atoms with Crippen LogP contribution >= 0.6 is 18.0 Å². The third-order valence-corrected chi connectivity index (χ3v) is 7.94. The Labute approximate surface area is 76.7 Å². The maximum atomic E-state index is 12.0.